The lowest BCUT2D eigenvalue weighted by Gasteiger charge is -2.52. The van der Waals surface area contributed by atoms with Crippen LogP contribution in [0.1, 0.15) is 26.7 Å². The van der Waals surface area contributed by atoms with E-state index in [0.717, 1.165) is 12.8 Å². The first-order valence-corrected chi connectivity index (χ1v) is 7.36. The average molecular weight is 248 g/mol. The zero-order chi connectivity index (χ0) is 11.9. The molecule has 94 valence electrons. The SMILES string of the molecule is CC(C)S(=O)(=O)NC1C(N)C2CCCOC21. The Kier molecular flexibility index (Phi) is 3.27. The van der Waals surface area contributed by atoms with Crippen LogP contribution in [-0.4, -0.2) is 38.5 Å². The number of nitrogens with two attached hydrogens (primary N) is 1. The Morgan fingerprint density at radius 1 is 1.44 bits per heavy atom. The van der Waals surface area contributed by atoms with Gasteiger partial charge in [0.1, 0.15) is 0 Å². The van der Waals surface area contributed by atoms with Crippen LogP contribution in [0.4, 0.5) is 0 Å². The van der Waals surface area contributed by atoms with Crippen LogP contribution in [0.5, 0.6) is 0 Å². The summed E-state index contributed by atoms with van der Waals surface area (Å²) in [4.78, 5) is 0. The Morgan fingerprint density at radius 2 is 2.12 bits per heavy atom. The number of rotatable bonds is 3. The molecule has 2 fully saturated rings. The minimum absolute atomic E-state index is 0.0164. The quantitative estimate of drug-likeness (QED) is 0.726. The number of nitrogens with one attached hydrogen (secondary N) is 1. The lowest BCUT2D eigenvalue weighted by atomic mass is 9.69. The molecule has 5 nitrogen and oxygen atoms in total. The molecule has 0 amide bonds. The molecule has 0 aromatic rings. The number of sulfonamides is 1. The second-order valence-electron chi connectivity index (χ2n) is 4.96. The van der Waals surface area contributed by atoms with Crippen LogP contribution in [0.25, 0.3) is 0 Å². The number of fused-ring (bicyclic) bond motifs is 1. The Balaban J connectivity index is 2.01. The lowest BCUT2D eigenvalue weighted by molar-refractivity contribution is -0.114. The molecular formula is C10H20N2O3S. The first kappa shape index (κ1) is 12.3. The monoisotopic (exact) mass is 248 g/mol. The van der Waals surface area contributed by atoms with E-state index in [-0.39, 0.29) is 18.2 Å². The predicted molar refractivity (Wildman–Crippen MR) is 61.4 cm³/mol. The van der Waals surface area contributed by atoms with Crippen molar-refractivity contribution in [2.75, 3.05) is 6.61 Å². The van der Waals surface area contributed by atoms with Gasteiger partial charge in [0.05, 0.1) is 17.4 Å². The van der Waals surface area contributed by atoms with E-state index in [1.54, 1.807) is 13.8 Å². The molecule has 1 aliphatic heterocycles. The van der Waals surface area contributed by atoms with E-state index in [4.69, 9.17) is 10.5 Å². The third kappa shape index (κ3) is 1.99. The molecule has 0 aromatic heterocycles. The standard InChI is InChI=1S/C10H20N2O3S/c1-6(2)16(13,14)12-9-8(11)7-4-3-5-15-10(7)9/h6-10,12H,3-5,11H2,1-2H3. The molecule has 0 aromatic carbocycles. The van der Waals surface area contributed by atoms with Gasteiger partial charge >= 0.3 is 0 Å². The minimum Gasteiger partial charge on any atom is -0.376 e. The molecule has 0 bridgehead atoms. The fourth-order valence-electron chi connectivity index (χ4n) is 2.42. The van der Waals surface area contributed by atoms with Gasteiger partial charge in [0, 0.05) is 18.6 Å². The Labute approximate surface area is 96.8 Å². The first-order valence-electron chi connectivity index (χ1n) is 5.82. The second-order valence-corrected chi connectivity index (χ2v) is 7.22. The minimum atomic E-state index is -3.25. The normalized spacial score (nSPS) is 39.2. The van der Waals surface area contributed by atoms with E-state index in [9.17, 15) is 8.42 Å². The summed E-state index contributed by atoms with van der Waals surface area (Å²) < 4.78 is 31.7. The van der Waals surface area contributed by atoms with Crippen molar-refractivity contribution in [3.05, 3.63) is 0 Å². The highest BCUT2D eigenvalue weighted by Crippen LogP contribution is 2.37. The van der Waals surface area contributed by atoms with Crippen molar-refractivity contribution in [3.8, 4) is 0 Å². The molecule has 0 radical (unpaired) electrons. The summed E-state index contributed by atoms with van der Waals surface area (Å²) in [5.41, 5.74) is 5.98. The van der Waals surface area contributed by atoms with Gasteiger partial charge in [-0.15, -0.1) is 0 Å². The molecule has 3 N–H and O–H groups in total. The van der Waals surface area contributed by atoms with Crippen molar-refractivity contribution in [3.63, 3.8) is 0 Å². The van der Waals surface area contributed by atoms with Crippen LogP contribution >= 0.6 is 0 Å². The molecule has 16 heavy (non-hydrogen) atoms. The largest absolute Gasteiger partial charge is 0.376 e. The third-order valence-corrected chi connectivity index (χ3v) is 5.44. The lowest BCUT2D eigenvalue weighted by Crippen LogP contribution is -2.72. The summed E-state index contributed by atoms with van der Waals surface area (Å²) in [7, 11) is -3.25. The summed E-state index contributed by atoms with van der Waals surface area (Å²) in [6, 6.07) is -0.337. The van der Waals surface area contributed by atoms with Crippen LogP contribution in [-0.2, 0) is 14.8 Å². The van der Waals surface area contributed by atoms with Crippen molar-refractivity contribution in [1.82, 2.24) is 4.72 Å². The van der Waals surface area contributed by atoms with Crippen molar-refractivity contribution >= 4 is 10.0 Å². The molecule has 1 aliphatic carbocycles. The first-order chi connectivity index (χ1) is 7.43. The molecule has 1 saturated heterocycles. The second kappa shape index (κ2) is 4.25. The van der Waals surface area contributed by atoms with Gasteiger partial charge in [-0.3, -0.25) is 0 Å². The molecule has 2 rings (SSSR count). The predicted octanol–water partition coefficient (Wildman–Crippen LogP) is -0.181. The Morgan fingerprint density at radius 3 is 2.75 bits per heavy atom. The van der Waals surface area contributed by atoms with Gasteiger partial charge in [0.15, 0.2) is 0 Å². The highest BCUT2D eigenvalue weighted by molar-refractivity contribution is 7.90. The molecule has 2 aliphatic rings. The maximum Gasteiger partial charge on any atom is 0.214 e. The highest BCUT2D eigenvalue weighted by atomic mass is 32.2. The Hall–Kier alpha value is -0.170. The number of hydrogen-bond acceptors (Lipinski definition) is 4. The molecule has 0 spiro atoms. The zero-order valence-electron chi connectivity index (χ0n) is 9.72. The van der Waals surface area contributed by atoms with Gasteiger partial charge in [0.25, 0.3) is 0 Å². The zero-order valence-corrected chi connectivity index (χ0v) is 10.5. The van der Waals surface area contributed by atoms with Crippen LogP contribution in [0, 0.1) is 5.92 Å². The van der Waals surface area contributed by atoms with Crippen molar-refractivity contribution in [2.24, 2.45) is 11.7 Å². The van der Waals surface area contributed by atoms with Gasteiger partial charge < -0.3 is 10.5 Å². The van der Waals surface area contributed by atoms with Crippen LogP contribution < -0.4 is 10.5 Å². The van der Waals surface area contributed by atoms with Gasteiger partial charge in [-0.05, 0) is 26.7 Å². The summed E-state index contributed by atoms with van der Waals surface area (Å²) in [5, 5.41) is -0.428. The number of hydrogen-bond donors (Lipinski definition) is 2. The molecule has 1 saturated carbocycles. The summed E-state index contributed by atoms with van der Waals surface area (Å²) in [6.07, 6.45) is 2.06. The molecule has 1 heterocycles. The average Bonchev–Trinajstić information content (AvgIpc) is 2.25. The Bertz CT molecular complexity index is 355. The van der Waals surface area contributed by atoms with Crippen molar-refractivity contribution in [2.45, 2.75) is 50.1 Å². The topological polar surface area (TPSA) is 81.4 Å². The van der Waals surface area contributed by atoms with Crippen LogP contribution in [0.3, 0.4) is 0 Å². The number of ether oxygens (including phenoxy) is 1. The smallest absolute Gasteiger partial charge is 0.214 e. The van der Waals surface area contributed by atoms with Crippen molar-refractivity contribution in [1.29, 1.82) is 0 Å². The highest BCUT2D eigenvalue weighted by Gasteiger charge is 2.51. The molecule has 6 heteroatoms. The maximum absolute atomic E-state index is 11.7. The summed E-state index contributed by atoms with van der Waals surface area (Å²) in [6.45, 7) is 4.03. The van der Waals surface area contributed by atoms with Gasteiger partial charge in [0.2, 0.25) is 10.0 Å². The fraction of sp³-hybridized carbons (Fsp3) is 1.00. The third-order valence-electron chi connectivity index (χ3n) is 3.60. The van der Waals surface area contributed by atoms with Crippen LogP contribution in [0.2, 0.25) is 0 Å². The van der Waals surface area contributed by atoms with E-state index < -0.39 is 15.3 Å². The summed E-state index contributed by atoms with van der Waals surface area (Å²) in [5.74, 6) is 0.327. The molecule has 4 unspecified atom stereocenters. The van der Waals surface area contributed by atoms with Crippen molar-refractivity contribution < 1.29 is 13.2 Å². The van der Waals surface area contributed by atoms with Crippen LogP contribution in [0.15, 0.2) is 0 Å². The van der Waals surface area contributed by atoms with E-state index in [0.29, 0.717) is 12.5 Å². The maximum atomic E-state index is 11.7. The van der Waals surface area contributed by atoms with E-state index in [1.165, 1.54) is 0 Å². The van der Waals surface area contributed by atoms with E-state index >= 15 is 0 Å². The van der Waals surface area contributed by atoms with Gasteiger partial charge in [-0.1, -0.05) is 0 Å². The fourth-order valence-corrected chi connectivity index (χ4v) is 3.36. The van der Waals surface area contributed by atoms with E-state index in [2.05, 4.69) is 4.72 Å². The molecular weight excluding hydrogens is 228 g/mol. The van der Waals surface area contributed by atoms with Gasteiger partial charge in [-0.2, -0.15) is 0 Å². The van der Waals surface area contributed by atoms with E-state index in [1.807, 2.05) is 0 Å². The summed E-state index contributed by atoms with van der Waals surface area (Å²) >= 11 is 0. The molecule has 4 atom stereocenters. The van der Waals surface area contributed by atoms with Gasteiger partial charge in [-0.25, -0.2) is 13.1 Å².